The number of hydrogen-bond acceptors (Lipinski definition) is 4. The monoisotopic (exact) mass is 252 g/mol. The van der Waals surface area contributed by atoms with E-state index in [1.807, 2.05) is 4.90 Å². The summed E-state index contributed by atoms with van der Waals surface area (Å²) in [6.07, 6.45) is 2.81. The van der Waals surface area contributed by atoms with Crippen LogP contribution < -0.4 is 0 Å². The molecule has 1 saturated heterocycles. The molecule has 1 amide bonds. The summed E-state index contributed by atoms with van der Waals surface area (Å²) in [4.78, 5) is 18.2. The highest BCUT2D eigenvalue weighted by molar-refractivity contribution is 5.90. The zero-order chi connectivity index (χ0) is 13.0. The quantitative estimate of drug-likeness (QED) is 0.844. The largest absolute Gasteiger partial charge is 0.384 e. The number of carbonyl (C=O) groups excluding carboxylic acids is 1. The average Bonchev–Trinajstić information content (AvgIpc) is 2.98. The fraction of sp³-hybridized carbons (Fsp3) is 0.750. The summed E-state index contributed by atoms with van der Waals surface area (Å²) in [5.74, 6) is 1.44. The molecule has 1 aliphatic rings. The van der Waals surface area contributed by atoms with Gasteiger partial charge < -0.3 is 9.64 Å². The molecule has 2 heterocycles. The minimum absolute atomic E-state index is 0.0767. The van der Waals surface area contributed by atoms with Crippen LogP contribution in [0, 0.1) is 5.92 Å². The molecule has 1 aromatic heterocycles. The number of aromatic nitrogens is 3. The molecule has 100 valence electrons. The van der Waals surface area contributed by atoms with Crippen LogP contribution in [0.15, 0.2) is 0 Å². The maximum atomic E-state index is 12.2. The molecule has 0 spiro atoms. The van der Waals surface area contributed by atoms with Gasteiger partial charge in [-0.3, -0.25) is 9.89 Å². The standard InChI is InChI=1S/C12H20N4O2/c1-3-4-10-13-11(15-14-10)12(17)16-6-5-9(7-16)8-18-2/h9H,3-8H2,1-2H3,(H,13,14,15). The number of nitrogens with zero attached hydrogens (tertiary/aromatic N) is 3. The summed E-state index contributed by atoms with van der Waals surface area (Å²) in [6, 6.07) is 0. The molecule has 1 aliphatic heterocycles. The fourth-order valence-corrected chi connectivity index (χ4v) is 2.27. The maximum Gasteiger partial charge on any atom is 0.293 e. The van der Waals surface area contributed by atoms with Crippen molar-refractivity contribution in [3.8, 4) is 0 Å². The fourth-order valence-electron chi connectivity index (χ4n) is 2.27. The lowest BCUT2D eigenvalue weighted by Gasteiger charge is -2.13. The van der Waals surface area contributed by atoms with Crippen LogP contribution in [0.3, 0.4) is 0 Å². The van der Waals surface area contributed by atoms with Gasteiger partial charge in [-0.1, -0.05) is 6.92 Å². The number of hydrogen-bond donors (Lipinski definition) is 1. The second-order valence-corrected chi connectivity index (χ2v) is 4.72. The Hall–Kier alpha value is -1.43. The molecule has 1 fully saturated rings. The van der Waals surface area contributed by atoms with Gasteiger partial charge in [-0.25, -0.2) is 4.98 Å². The average molecular weight is 252 g/mol. The predicted octanol–water partition coefficient (Wildman–Crippen LogP) is 0.866. The highest BCUT2D eigenvalue weighted by Crippen LogP contribution is 2.17. The first kappa shape index (κ1) is 13.0. The third-order valence-corrected chi connectivity index (χ3v) is 3.19. The molecule has 18 heavy (non-hydrogen) atoms. The van der Waals surface area contributed by atoms with Gasteiger partial charge in [0.05, 0.1) is 6.61 Å². The number of methoxy groups -OCH3 is 1. The second kappa shape index (κ2) is 5.95. The molecule has 1 unspecified atom stereocenters. The number of nitrogens with one attached hydrogen (secondary N) is 1. The Bertz CT molecular complexity index is 405. The predicted molar refractivity (Wildman–Crippen MR) is 66.3 cm³/mol. The smallest absolute Gasteiger partial charge is 0.293 e. The van der Waals surface area contributed by atoms with Gasteiger partial charge in [0.25, 0.3) is 5.91 Å². The maximum absolute atomic E-state index is 12.2. The zero-order valence-electron chi connectivity index (χ0n) is 11.0. The van der Waals surface area contributed by atoms with Crippen molar-refractivity contribution in [1.82, 2.24) is 20.1 Å². The summed E-state index contributed by atoms with van der Waals surface area (Å²) < 4.78 is 5.12. The Balaban J connectivity index is 1.94. The number of amides is 1. The van der Waals surface area contributed by atoms with E-state index in [4.69, 9.17) is 4.74 Å². The summed E-state index contributed by atoms with van der Waals surface area (Å²) in [7, 11) is 1.69. The third-order valence-electron chi connectivity index (χ3n) is 3.19. The summed E-state index contributed by atoms with van der Waals surface area (Å²) in [5.41, 5.74) is 0. The molecule has 1 aromatic rings. The van der Waals surface area contributed by atoms with Gasteiger partial charge in [0.15, 0.2) is 0 Å². The second-order valence-electron chi connectivity index (χ2n) is 4.72. The van der Waals surface area contributed by atoms with Crippen molar-refractivity contribution < 1.29 is 9.53 Å². The molecular weight excluding hydrogens is 232 g/mol. The Kier molecular flexibility index (Phi) is 4.30. The number of ether oxygens (including phenoxy) is 1. The van der Waals surface area contributed by atoms with E-state index >= 15 is 0 Å². The number of rotatable bonds is 5. The summed E-state index contributed by atoms with van der Waals surface area (Å²) in [5, 5.41) is 6.81. The van der Waals surface area contributed by atoms with Gasteiger partial charge >= 0.3 is 0 Å². The molecular formula is C12H20N4O2. The first-order chi connectivity index (χ1) is 8.74. The van der Waals surface area contributed by atoms with Crippen LogP contribution in [-0.2, 0) is 11.2 Å². The molecule has 0 bridgehead atoms. The van der Waals surface area contributed by atoms with Gasteiger partial charge in [-0.2, -0.15) is 0 Å². The van der Waals surface area contributed by atoms with Gasteiger partial charge in [0.1, 0.15) is 5.82 Å². The van der Waals surface area contributed by atoms with Crippen molar-refractivity contribution in [3.63, 3.8) is 0 Å². The van der Waals surface area contributed by atoms with E-state index in [0.717, 1.165) is 38.2 Å². The van der Waals surface area contributed by atoms with Gasteiger partial charge in [0.2, 0.25) is 5.82 Å². The molecule has 2 rings (SSSR count). The number of carbonyl (C=O) groups is 1. The van der Waals surface area contributed by atoms with E-state index in [9.17, 15) is 4.79 Å². The Morgan fingerprint density at radius 2 is 2.44 bits per heavy atom. The molecule has 6 nitrogen and oxygen atoms in total. The minimum atomic E-state index is -0.0767. The summed E-state index contributed by atoms with van der Waals surface area (Å²) >= 11 is 0. The van der Waals surface area contributed by atoms with E-state index in [2.05, 4.69) is 22.1 Å². The van der Waals surface area contributed by atoms with Crippen LogP contribution >= 0.6 is 0 Å². The Morgan fingerprint density at radius 3 is 3.17 bits per heavy atom. The lowest BCUT2D eigenvalue weighted by atomic mass is 10.1. The first-order valence-electron chi connectivity index (χ1n) is 6.44. The van der Waals surface area contributed by atoms with Crippen LogP contribution in [0.5, 0.6) is 0 Å². The van der Waals surface area contributed by atoms with Crippen LogP contribution in [0.1, 0.15) is 36.2 Å². The number of likely N-dealkylation sites (tertiary alicyclic amines) is 1. The lowest BCUT2D eigenvalue weighted by molar-refractivity contribution is 0.0764. The van der Waals surface area contributed by atoms with Crippen LogP contribution in [0.4, 0.5) is 0 Å². The highest BCUT2D eigenvalue weighted by atomic mass is 16.5. The molecule has 0 saturated carbocycles. The van der Waals surface area contributed by atoms with Crippen LogP contribution in [0.2, 0.25) is 0 Å². The van der Waals surface area contributed by atoms with Crippen molar-refractivity contribution in [3.05, 3.63) is 11.6 Å². The van der Waals surface area contributed by atoms with Crippen molar-refractivity contribution in [2.45, 2.75) is 26.2 Å². The van der Waals surface area contributed by atoms with Crippen LogP contribution in [-0.4, -0.2) is 52.8 Å². The number of H-pyrrole nitrogens is 1. The van der Waals surface area contributed by atoms with Crippen molar-refractivity contribution in [2.75, 3.05) is 26.8 Å². The van der Waals surface area contributed by atoms with E-state index in [0.29, 0.717) is 12.5 Å². The Morgan fingerprint density at radius 1 is 1.61 bits per heavy atom. The minimum Gasteiger partial charge on any atom is -0.384 e. The molecule has 6 heteroatoms. The number of aromatic amines is 1. The molecule has 0 aromatic carbocycles. The van der Waals surface area contributed by atoms with Crippen LogP contribution in [0.25, 0.3) is 0 Å². The highest BCUT2D eigenvalue weighted by Gasteiger charge is 2.28. The first-order valence-corrected chi connectivity index (χ1v) is 6.44. The lowest BCUT2D eigenvalue weighted by Crippen LogP contribution is -2.30. The van der Waals surface area contributed by atoms with Gasteiger partial charge in [0, 0.05) is 32.5 Å². The molecule has 0 radical (unpaired) electrons. The SMILES string of the molecule is CCCc1nc(C(=O)N2CCC(COC)C2)n[nH]1. The topological polar surface area (TPSA) is 71.1 Å². The summed E-state index contributed by atoms with van der Waals surface area (Å²) in [6.45, 7) is 4.29. The van der Waals surface area contributed by atoms with Crippen molar-refractivity contribution in [1.29, 1.82) is 0 Å². The van der Waals surface area contributed by atoms with Gasteiger partial charge in [-0.15, -0.1) is 5.10 Å². The van der Waals surface area contributed by atoms with Gasteiger partial charge in [-0.05, 0) is 12.8 Å². The molecule has 0 aliphatic carbocycles. The zero-order valence-corrected chi connectivity index (χ0v) is 11.0. The van der Waals surface area contributed by atoms with Crippen molar-refractivity contribution in [2.24, 2.45) is 5.92 Å². The van der Waals surface area contributed by atoms with Crippen molar-refractivity contribution >= 4 is 5.91 Å². The van der Waals surface area contributed by atoms with E-state index in [1.54, 1.807) is 7.11 Å². The van der Waals surface area contributed by atoms with E-state index < -0.39 is 0 Å². The Labute approximate surface area is 107 Å². The number of aryl methyl sites for hydroxylation is 1. The molecule has 1 atom stereocenters. The molecule has 1 N–H and O–H groups in total. The third kappa shape index (κ3) is 2.87. The van der Waals surface area contributed by atoms with E-state index in [1.165, 1.54) is 0 Å². The normalized spacial score (nSPS) is 19.4. The van der Waals surface area contributed by atoms with E-state index in [-0.39, 0.29) is 11.7 Å².